The Hall–Kier alpha value is -5.58. The van der Waals surface area contributed by atoms with Gasteiger partial charge in [-0.3, -0.25) is 14.4 Å². The van der Waals surface area contributed by atoms with E-state index in [9.17, 15) is 24.6 Å². The van der Waals surface area contributed by atoms with Gasteiger partial charge in [-0.2, -0.15) is 9.78 Å². The molecule has 2 amide bonds. The van der Waals surface area contributed by atoms with Crippen molar-refractivity contribution in [1.29, 1.82) is 0 Å². The zero-order chi connectivity index (χ0) is 34.5. The first-order valence-corrected chi connectivity index (χ1v) is 16.1. The first-order valence-electron chi connectivity index (χ1n) is 16.1. The van der Waals surface area contributed by atoms with Crippen LogP contribution in [0.3, 0.4) is 0 Å². The van der Waals surface area contributed by atoms with Crippen LogP contribution in [0, 0.1) is 5.92 Å². The SMILES string of the molecule is COc1ccc2c(c1)[C@](O)([C@@H](C)/C=C/CC(=O)N(CCO)Cc1ccccc1)C(=O)N2Cc1cccc(-n2ncc3ccccc3c2=O)c1. The van der Waals surface area contributed by atoms with Gasteiger partial charge in [0.2, 0.25) is 5.91 Å². The molecule has 0 bridgehead atoms. The third kappa shape index (κ3) is 6.61. The first kappa shape index (κ1) is 33.3. The van der Waals surface area contributed by atoms with E-state index in [1.54, 1.807) is 72.6 Å². The van der Waals surface area contributed by atoms with Gasteiger partial charge in [0.05, 0.1) is 43.2 Å². The summed E-state index contributed by atoms with van der Waals surface area (Å²) in [5.41, 5.74) is 0.973. The number of amides is 2. The summed E-state index contributed by atoms with van der Waals surface area (Å²) in [5.74, 6) is -0.926. The van der Waals surface area contributed by atoms with E-state index < -0.39 is 17.4 Å². The average Bonchev–Trinajstić information content (AvgIpc) is 3.34. The Balaban J connectivity index is 1.25. The molecule has 2 N–H and O–H groups in total. The normalized spacial score (nSPS) is 16.2. The Kier molecular flexibility index (Phi) is 9.70. The molecular formula is C39H38N4O6. The Morgan fingerprint density at radius 1 is 0.980 bits per heavy atom. The summed E-state index contributed by atoms with van der Waals surface area (Å²) < 4.78 is 6.79. The Morgan fingerprint density at radius 3 is 2.51 bits per heavy atom. The van der Waals surface area contributed by atoms with Gasteiger partial charge in [0.15, 0.2) is 5.60 Å². The predicted octanol–water partition coefficient (Wildman–Crippen LogP) is 4.73. The van der Waals surface area contributed by atoms with E-state index >= 15 is 0 Å². The maximum absolute atomic E-state index is 14.2. The standard InChI is InChI=1S/C39H38N4O6/c1-27(10-8-17-36(45)41(20-21-44)25-28-11-4-3-5-12-28)39(48)34-23-32(49-2)18-19-35(34)42(38(39)47)26-29-13-9-15-31(22-29)43-37(46)33-16-7-6-14-30(33)24-40-43/h3-16,18-19,22-24,27,44,48H,17,20-21,25-26H2,1-2H3/b10-8+/t27-,39+/m0/s1. The number of methoxy groups -OCH3 is 1. The molecule has 4 aromatic carbocycles. The van der Waals surface area contributed by atoms with Gasteiger partial charge in [-0.05, 0) is 47.5 Å². The van der Waals surface area contributed by atoms with Crippen molar-refractivity contribution >= 4 is 28.3 Å². The van der Waals surface area contributed by atoms with Gasteiger partial charge < -0.3 is 24.7 Å². The number of aliphatic hydroxyl groups excluding tert-OH is 1. The van der Waals surface area contributed by atoms with Crippen LogP contribution in [0.5, 0.6) is 5.75 Å². The molecule has 0 saturated carbocycles. The summed E-state index contributed by atoms with van der Waals surface area (Å²) in [6.45, 7) is 2.25. The highest BCUT2D eigenvalue weighted by Crippen LogP contribution is 2.47. The van der Waals surface area contributed by atoms with Gasteiger partial charge in [-0.15, -0.1) is 0 Å². The van der Waals surface area contributed by atoms with Crippen molar-refractivity contribution < 1.29 is 24.5 Å². The Bertz CT molecular complexity index is 2080. The number of aromatic nitrogens is 2. The minimum absolute atomic E-state index is 0.0328. The molecule has 0 saturated heterocycles. The summed E-state index contributed by atoms with van der Waals surface area (Å²) >= 11 is 0. The molecule has 49 heavy (non-hydrogen) atoms. The van der Waals surface area contributed by atoms with Gasteiger partial charge >= 0.3 is 0 Å². The van der Waals surface area contributed by atoms with E-state index in [1.165, 1.54) is 16.7 Å². The lowest BCUT2D eigenvalue weighted by molar-refractivity contribution is -0.139. The number of carbonyl (C=O) groups excluding carboxylic acids is 2. The number of nitrogens with zero attached hydrogens (tertiary/aromatic N) is 4. The van der Waals surface area contributed by atoms with Crippen LogP contribution in [0.1, 0.15) is 30.0 Å². The maximum atomic E-state index is 14.2. The number of benzene rings is 4. The Labute approximate surface area is 284 Å². The molecule has 0 radical (unpaired) electrons. The highest BCUT2D eigenvalue weighted by atomic mass is 16.5. The predicted molar refractivity (Wildman–Crippen MR) is 187 cm³/mol. The minimum Gasteiger partial charge on any atom is -0.497 e. The molecule has 10 heteroatoms. The molecule has 5 aromatic rings. The van der Waals surface area contributed by atoms with Crippen molar-refractivity contribution in [2.24, 2.45) is 5.92 Å². The molecule has 0 spiro atoms. The van der Waals surface area contributed by atoms with E-state index in [4.69, 9.17) is 4.74 Å². The summed E-state index contributed by atoms with van der Waals surface area (Å²) in [6.07, 6.45) is 5.02. The molecule has 2 heterocycles. The average molecular weight is 659 g/mol. The lowest BCUT2D eigenvalue weighted by Gasteiger charge is -2.28. The van der Waals surface area contributed by atoms with Crippen LogP contribution >= 0.6 is 0 Å². The molecule has 0 fully saturated rings. The fraction of sp³-hybridized carbons (Fsp3) is 0.231. The molecule has 2 atom stereocenters. The number of hydrogen-bond donors (Lipinski definition) is 2. The maximum Gasteiger partial charge on any atom is 0.279 e. The topological polar surface area (TPSA) is 125 Å². The molecule has 1 aromatic heterocycles. The minimum atomic E-state index is -1.94. The van der Waals surface area contributed by atoms with Crippen LogP contribution in [-0.4, -0.2) is 57.0 Å². The molecular weight excluding hydrogens is 620 g/mol. The highest BCUT2D eigenvalue weighted by molar-refractivity contribution is 6.07. The van der Waals surface area contributed by atoms with Crippen LogP contribution in [0.15, 0.2) is 120 Å². The smallest absolute Gasteiger partial charge is 0.279 e. The monoisotopic (exact) mass is 658 g/mol. The number of rotatable bonds is 12. The third-order valence-corrected chi connectivity index (χ3v) is 8.98. The highest BCUT2D eigenvalue weighted by Gasteiger charge is 2.52. The van der Waals surface area contributed by atoms with Crippen molar-refractivity contribution in [2.45, 2.75) is 32.0 Å². The van der Waals surface area contributed by atoms with E-state index in [-0.39, 0.29) is 37.6 Å². The third-order valence-electron chi connectivity index (χ3n) is 8.98. The van der Waals surface area contributed by atoms with Crippen molar-refractivity contribution in [1.82, 2.24) is 14.7 Å². The van der Waals surface area contributed by atoms with Gasteiger partial charge in [0, 0.05) is 36.4 Å². The molecule has 1 aliphatic heterocycles. The van der Waals surface area contributed by atoms with E-state index in [2.05, 4.69) is 5.10 Å². The summed E-state index contributed by atoms with van der Waals surface area (Å²) in [6, 6.07) is 29.2. The fourth-order valence-electron chi connectivity index (χ4n) is 6.31. The summed E-state index contributed by atoms with van der Waals surface area (Å²) in [4.78, 5) is 43.7. The second kappa shape index (κ2) is 14.3. The molecule has 250 valence electrons. The van der Waals surface area contributed by atoms with Gasteiger partial charge in [0.25, 0.3) is 11.5 Å². The molecule has 0 aliphatic carbocycles. The quantitative estimate of drug-likeness (QED) is 0.186. The lowest BCUT2D eigenvalue weighted by atomic mass is 9.83. The van der Waals surface area contributed by atoms with E-state index in [0.717, 1.165) is 16.5 Å². The largest absolute Gasteiger partial charge is 0.497 e. The van der Waals surface area contributed by atoms with Gasteiger partial charge in [-0.25, -0.2) is 0 Å². The van der Waals surface area contributed by atoms with Crippen molar-refractivity contribution in [3.05, 3.63) is 142 Å². The Morgan fingerprint density at radius 2 is 1.73 bits per heavy atom. The first-order chi connectivity index (χ1) is 23.7. The van der Waals surface area contributed by atoms with Crippen LogP contribution in [0.25, 0.3) is 16.5 Å². The lowest BCUT2D eigenvalue weighted by Crippen LogP contribution is -2.44. The van der Waals surface area contributed by atoms with Crippen LogP contribution in [0.2, 0.25) is 0 Å². The second-order valence-corrected chi connectivity index (χ2v) is 12.1. The number of anilines is 1. The van der Waals surface area contributed by atoms with Crippen molar-refractivity contribution in [3.8, 4) is 11.4 Å². The van der Waals surface area contributed by atoms with E-state index in [0.29, 0.717) is 34.6 Å². The van der Waals surface area contributed by atoms with Crippen LogP contribution < -0.4 is 15.2 Å². The zero-order valence-electron chi connectivity index (χ0n) is 27.4. The van der Waals surface area contributed by atoms with Crippen molar-refractivity contribution in [3.63, 3.8) is 0 Å². The molecule has 10 nitrogen and oxygen atoms in total. The van der Waals surface area contributed by atoms with Crippen LogP contribution in [-0.2, 0) is 28.3 Å². The molecule has 0 unspecified atom stereocenters. The van der Waals surface area contributed by atoms with Gasteiger partial charge in [0.1, 0.15) is 5.75 Å². The number of hydrogen-bond acceptors (Lipinski definition) is 7. The number of aliphatic hydroxyl groups is 2. The fourth-order valence-corrected chi connectivity index (χ4v) is 6.31. The summed E-state index contributed by atoms with van der Waals surface area (Å²) in [5, 5.41) is 27.4. The number of carbonyl (C=O) groups is 2. The second-order valence-electron chi connectivity index (χ2n) is 12.1. The summed E-state index contributed by atoms with van der Waals surface area (Å²) in [7, 11) is 1.52. The number of ether oxygens (including phenoxy) is 1. The van der Waals surface area contributed by atoms with Crippen LogP contribution in [0.4, 0.5) is 5.69 Å². The van der Waals surface area contributed by atoms with Gasteiger partial charge in [-0.1, -0.05) is 79.7 Å². The molecule has 6 rings (SSSR count). The molecule has 1 aliphatic rings. The van der Waals surface area contributed by atoms with E-state index in [1.807, 2.05) is 54.6 Å². The number of fused-ring (bicyclic) bond motifs is 2. The van der Waals surface area contributed by atoms with Crippen molar-refractivity contribution in [2.75, 3.05) is 25.2 Å². The zero-order valence-corrected chi connectivity index (χ0v) is 27.4.